The van der Waals surface area contributed by atoms with Crippen molar-refractivity contribution in [2.75, 3.05) is 18.6 Å². The summed E-state index contributed by atoms with van der Waals surface area (Å²) in [7, 11) is 1.71. The van der Waals surface area contributed by atoms with Crippen molar-refractivity contribution in [1.82, 2.24) is 10.4 Å². The summed E-state index contributed by atoms with van der Waals surface area (Å²) < 4.78 is 5.90. The number of amides is 2. The van der Waals surface area contributed by atoms with Gasteiger partial charge in [-0.15, -0.1) is 0 Å². The molecule has 2 aromatic rings. The predicted octanol–water partition coefficient (Wildman–Crippen LogP) is 0.683. The zero-order chi connectivity index (χ0) is 19.7. The molecule has 2 aliphatic rings. The Balaban J connectivity index is 1.62. The number of likely N-dealkylation sites (N-methyl/N-ethyl adjacent to an activating group) is 1. The molecule has 0 fully saturated rings. The number of fused-ring (bicyclic) bond motifs is 1. The number of hydrazine groups is 1. The molecule has 28 heavy (non-hydrogen) atoms. The van der Waals surface area contributed by atoms with E-state index < -0.39 is 18.1 Å². The Morgan fingerprint density at radius 1 is 1.21 bits per heavy atom. The van der Waals surface area contributed by atoms with E-state index in [1.165, 1.54) is 0 Å². The molecule has 144 valence electrons. The molecule has 0 saturated heterocycles. The Kier molecular flexibility index (Phi) is 4.70. The third-order valence-corrected chi connectivity index (χ3v) is 4.90. The van der Waals surface area contributed by atoms with E-state index in [0.29, 0.717) is 17.9 Å². The number of hydrogen-bond donors (Lipinski definition) is 2. The lowest BCUT2D eigenvalue weighted by Crippen LogP contribution is -2.58. The second-order valence-corrected chi connectivity index (χ2v) is 6.72. The number of carbonyl (C=O) groups excluding carboxylic acids is 2. The van der Waals surface area contributed by atoms with E-state index in [-0.39, 0.29) is 18.3 Å². The first-order valence-corrected chi connectivity index (χ1v) is 9.00. The molecule has 2 amide bonds. The molecular weight excluding hydrogens is 358 g/mol. The maximum atomic E-state index is 13.2. The van der Waals surface area contributed by atoms with Gasteiger partial charge in [0.2, 0.25) is 11.7 Å². The first-order chi connectivity index (χ1) is 13.5. The second kappa shape index (κ2) is 7.32. The minimum Gasteiger partial charge on any atom is -0.489 e. The van der Waals surface area contributed by atoms with Gasteiger partial charge in [0.15, 0.2) is 0 Å². The van der Waals surface area contributed by atoms with Crippen molar-refractivity contribution in [2.45, 2.75) is 18.6 Å². The Morgan fingerprint density at radius 2 is 1.93 bits per heavy atom. The van der Waals surface area contributed by atoms with Crippen LogP contribution in [0.5, 0.6) is 5.75 Å². The number of amidine groups is 1. The number of nitrogens with zero attached hydrogens (tertiary/aromatic N) is 3. The molecule has 3 N–H and O–H groups in total. The summed E-state index contributed by atoms with van der Waals surface area (Å²) >= 11 is 0. The third-order valence-electron chi connectivity index (χ3n) is 4.90. The highest BCUT2D eigenvalue weighted by molar-refractivity contribution is 6.37. The lowest BCUT2D eigenvalue weighted by molar-refractivity contribution is -0.126. The molecule has 0 spiro atoms. The first-order valence-electron chi connectivity index (χ1n) is 9.00. The van der Waals surface area contributed by atoms with Crippen LogP contribution in [0.3, 0.4) is 0 Å². The van der Waals surface area contributed by atoms with Crippen LogP contribution in [0.25, 0.3) is 0 Å². The Hall–Kier alpha value is -3.39. The van der Waals surface area contributed by atoms with Crippen molar-refractivity contribution in [3.63, 3.8) is 0 Å². The molecule has 8 nitrogen and oxygen atoms in total. The highest BCUT2D eigenvalue weighted by Crippen LogP contribution is 2.31. The van der Waals surface area contributed by atoms with Crippen molar-refractivity contribution < 1.29 is 14.3 Å². The molecule has 0 aliphatic carbocycles. The molecule has 0 radical (unpaired) electrons. The summed E-state index contributed by atoms with van der Waals surface area (Å²) in [6, 6.07) is 16.5. The minimum atomic E-state index is -0.674. The molecule has 2 aromatic carbocycles. The Bertz CT molecular complexity index is 930. The lowest BCUT2D eigenvalue weighted by Gasteiger charge is -2.31. The topological polar surface area (TPSA) is 100 Å². The van der Waals surface area contributed by atoms with Gasteiger partial charge < -0.3 is 15.4 Å². The fraction of sp³-hybridized carbons (Fsp3) is 0.250. The van der Waals surface area contributed by atoms with Crippen LogP contribution in [0, 0.1) is 0 Å². The number of carbonyl (C=O) groups is 2. The van der Waals surface area contributed by atoms with Gasteiger partial charge in [0.25, 0.3) is 5.91 Å². The van der Waals surface area contributed by atoms with Crippen LogP contribution < -0.4 is 20.8 Å². The monoisotopic (exact) mass is 379 g/mol. The summed E-state index contributed by atoms with van der Waals surface area (Å²) in [5, 5.41) is 1.66. The Morgan fingerprint density at radius 3 is 2.68 bits per heavy atom. The second-order valence-electron chi connectivity index (χ2n) is 6.72. The summed E-state index contributed by atoms with van der Waals surface area (Å²) in [5.74, 6) is -0.149. The number of anilines is 1. The fourth-order valence-corrected chi connectivity index (χ4v) is 3.45. The minimum absolute atomic E-state index is 0.0399. The largest absolute Gasteiger partial charge is 0.489 e. The molecule has 2 heterocycles. The number of rotatable bonds is 4. The lowest BCUT2D eigenvalue weighted by atomic mass is 10.1. The van der Waals surface area contributed by atoms with Crippen LogP contribution >= 0.6 is 0 Å². The summed E-state index contributed by atoms with van der Waals surface area (Å²) in [6.07, 6.45) is 0.0579. The molecule has 0 saturated carbocycles. The number of aliphatic imine (C=N–C) groups is 1. The average Bonchev–Trinajstić information content (AvgIpc) is 3.07. The van der Waals surface area contributed by atoms with Crippen molar-refractivity contribution in [3.05, 3.63) is 60.2 Å². The predicted molar refractivity (Wildman–Crippen MR) is 105 cm³/mol. The van der Waals surface area contributed by atoms with E-state index >= 15 is 0 Å². The van der Waals surface area contributed by atoms with Gasteiger partial charge in [0.1, 0.15) is 24.6 Å². The SMILES string of the molecule is CN1C(=O)C(N2NC(C(N)=O)=N[C@@H]2Cc2ccccc2)COc2ccccc21. The zero-order valence-electron chi connectivity index (χ0n) is 15.4. The van der Waals surface area contributed by atoms with E-state index in [1.807, 2.05) is 54.6 Å². The zero-order valence-corrected chi connectivity index (χ0v) is 15.4. The molecule has 8 heteroatoms. The van der Waals surface area contributed by atoms with Gasteiger partial charge >= 0.3 is 0 Å². The van der Waals surface area contributed by atoms with Crippen LogP contribution in [-0.4, -0.2) is 48.5 Å². The molecule has 0 bridgehead atoms. The summed E-state index contributed by atoms with van der Waals surface area (Å²) in [4.78, 5) is 30.8. The van der Waals surface area contributed by atoms with Crippen molar-refractivity contribution >= 4 is 23.3 Å². The number of nitrogens with one attached hydrogen (secondary N) is 1. The summed E-state index contributed by atoms with van der Waals surface area (Å²) in [5.41, 5.74) is 10.1. The quantitative estimate of drug-likeness (QED) is 0.814. The van der Waals surface area contributed by atoms with E-state index in [0.717, 1.165) is 5.56 Å². The molecule has 1 unspecified atom stereocenters. The third kappa shape index (κ3) is 3.29. The number of primary amides is 1. The van der Waals surface area contributed by atoms with Crippen molar-refractivity contribution in [2.24, 2.45) is 10.7 Å². The molecule has 2 aliphatic heterocycles. The van der Waals surface area contributed by atoms with Crippen LogP contribution in [0.2, 0.25) is 0 Å². The van der Waals surface area contributed by atoms with Crippen molar-refractivity contribution in [1.29, 1.82) is 0 Å². The number of ether oxygens (including phenoxy) is 1. The fourth-order valence-electron chi connectivity index (χ4n) is 3.45. The van der Waals surface area contributed by atoms with E-state index in [2.05, 4.69) is 10.4 Å². The number of para-hydroxylation sites is 2. The molecule has 4 rings (SSSR count). The summed E-state index contributed by atoms with van der Waals surface area (Å²) in [6.45, 7) is 0.125. The maximum Gasteiger partial charge on any atom is 0.285 e. The van der Waals surface area contributed by atoms with Gasteiger partial charge in [-0.2, -0.15) is 5.01 Å². The Labute approximate surface area is 162 Å². The molecular formula is C20H21N5O3. The van der Waals surface area contributed by atoms with E-state index in [4.69, 9.17) is 10.5 Å². The number of benzene rings is 2. The maximum absolute atomic E-state index is 13.2. The smallest absolute Gasteiger partial charge is 0.285 e. The van der Waals surface area contributed by atoms with Gasteiger partial charge in [-0.1, -0.05) is 42.5 Å². The van der Waals surface area contributed by atoms with Crippen molar-refractivity contribution in [3.8, 4) is 5.75 Å². The van der Waals surface area contributed by atoms with Crippen LogP contribution in [-0.2, 0) is 16.0 Å². The van der Waals surface area contributed by atoms with E-state index in [9.17, 15) is 9.59 Å². The van der Waals surface area contributed by atoms with Gasteiger partial charge in [0, 0.05) is 13.5 Å². The van der Waals surface area contributed by atoms with Gasteiger partial charge in [0.05, 0.1) is 5.69 Å². The van der Waals surface area contributed by atoms with E-state index in [1.54, 1.807) is 17.0 Å². The average molecular weight is 379 g/mol. The normalized spacial score (nSPS) is 22.0. The molecule has 0 aromatic heterocycles. The van der Waals surface area contributed by atoms with Gasteiger partial charge in [-0.3, -0.25) is 15.0 Å². The van der Waals surface area contributed by atoms with Gasteiger partial charge in [-0.25, -0.2) is 4.99 Å². The highest BCUT2D eigenvalue weighted by atomic mass is 16.5. The molecule has 2 atom stereocenters. The highest BCUT2D eigenvalue weighted by Gasteiger charge is 2.41. The van der Waals surface area contributed by atoms with Crippen LogP contribution in [0.1, 0.15) is 5.56 Å². The number of hydrogen-bond acceptors (Lipinski definition) is 6. The standard InChI is InChI=1S/C20H21N5O3/c1-24-14-9-5-6-10-16(14)28-12-15(20(24)27)25-17(22-19(23-25)18(21)26)11-13-7-3-2-4-8-13/h2-10,15,17H,11-12H2,1H3,(H2,21,26)(H,22,23)/t15?,17-/m0/s1. The first kappa shape index (κ1) is 18.0. The van der Waals surface area contributed by atoms with Crippen LogP contribution in [0.4, 0.5) is 5.69 Å². The number of nitrogens with two attached hydrogens (primary N) is 1. The van der Waals surface area contributed by atoms with Crippen LogP contribution in [0.15, 0.2) is 59.6 Å². The van der Waals surface area contributed by atoms with Gasteiger partial charge in [-0.05, 0) is 17.7 Å².